The highest BCUT2D eigenvalue weighted by Gasteiger charge is 2.51. The van der Waals surface area contributed by atoms with Crippen molar-refractivity contribution in [2.75, 3.05) is 0 Å². The van der Waals surface area contributed by atoms with Crippen molar-refractivity contribution < 1.29 is 13.9 Å². The van der Waals surface area contributed by atoms with Crippen molar-refractivity contribution >= 4 is 24.6 Å². The minimum Gasteiger partial charge on any atom is -0.399 e. The van der Waals surface area contributed by atoms with Gasteiger partial charge in [0.1, 0.15) is 0 Å². The minimum atomic E-state index is -0.335. The number of rotatable bonds is 2. The fourth-order valence-electron chi connectivity index (χ4n) is 1.66. The summed E-state index contributed by atoms with van der Waals surface area (Å²) in [7, 11) is -0.335. The summed E-state index contributed by atoms with van der Waals surface area (Å²) in [4.78, 5) is 0.810. The molecule has 0 aliphatic carbocycles. The smallest absolute Gasteiger partial charge is 0.399 e. The van der Waals surface area contributed by atoms with Crippen LogP contribution >= 0.6 is 12.0 Å². The third-order valence-corrected chi connectivity index (χ3v) is 3.99. The Balaban J connectivity index is 2.20. The molecule has 0 bridgehead atoms. The van der Waals surface area contributed by atoms with Crippen LogP contribution in [-0.2, 0) is 9.31 Å². The van der Waals surface area contributed by atoms with Gasteiger partial charge in [-0.05, 0) is 45.3 Å². The van der Waals surface area contributed by atoms with Crippen LogP contribution in [0.2, 0.25) is 0 Å². The molecule has 0 aromatic heterocycles. The van der Waals surface area contributed by atoms with Crippen molar-refractivity contribution in [2.45, 2.75) is 43.8 Å². The highest BCUT2D eigenvalue weighted by atomic mass is 32.2. The summed E-state index contributed by atoms with van der Waals surface area (Å²) in [5, 5.41) is 0. The first-order valence-corrected chi connectivity index (χ1v) is 6.40. The third kappa shape index (κ3) is 2.38. The Labute approximate surface area is 107 Å². The van der Waals surface area contributed by atoms with E-state index < -0.39 is 0 Å². The average molecular weight is 252 g/mol. The molecule has 3 nitrogen and oxygen atoms in total. The van der Waals surface area contributed by atoms with Gasteiger partial charge < -0.3 is 13.9 Å². The van der Waals surface area contributed by atoms with Crippen molar-refractivity contribution in [3.05, 3.63) is 24.3 Å². The van der Waals surface area contributed by atoms with E-state index in [1.165, 1.54) is 0 Å². The first kappa shape index (κ1) is 13.0. The molecule has 0 amide bonds. The fraction of sp³-hybridized carbons (Fsp3) is 0.500. The van der Waals surface area contributed by atoms with Crippen LogP contribution in [0.1, 0.15) is 27.7 Å². The quantitative estimate of drug-likeness (QED) is 0.648. The maximum absolute atomic E-state index is 8.91. The zero-order valence-corrected chi connectivity index (χ0v) is 11.4. The normalized spacial score (nSPS) is 21.8. The van der Waals surface area contributed by atoms with Gasteiger partial charge in [0.05, 0.1) is 11.2 Å². The lowest BCUT2D eigenvalue weighted by atomic mass is 9.79. The van der Waals surface area contributed by atoms with Crippen molar-refractivity contribution in [1.29, 1.82) is 0 Å². The predicted octanol–water partition coefficient (Wildman–Crippen LogP) is 2.55. The maximum Gasteiger partial charge on any atom is 0.494 e. The van der Waals surface area contributed by atoms with Crippen LogP contribution in [-0.4, -0.2) is 22.9 Å². The molecule has 17 heavy (non-hydrogen) atoms. The highest BCUT2D eigenvalue weighted by molar-refractivity contribution is 7.93. The summed E-state index contributed by atoms with van der Waals surface area (Å²) in [6.07, 6.45) is 0. The topological polar surface area (TPSA) is 38.7 Å². The van der Waals surface area contributed by atoms with E-state index in [1.54, 1.807) is 0 Å². The van der Waals surface area contributed by atoms with Gasteiger partial charge in [-0.15, -0.1) is 0 Å². The van der Waals surface area contributed by atoms with Gasteiger partial charge in [-0.2, -0.15) is 0 Å². The largest absolute Gasteiger partial charge is 0.494 e. The van der Waals surface area contributed by atoms with Crippen LogP contribution in [0.4, 0.5) is 0 Å². The van der Waals surface area contributed by atoms with Gasteiger partial charge >= 0.3 is 7.12 Å². The Bertz CT molecular complexity index is 387. The Morgan fingerprint density at radius 1 is 1.00 bits per heavy atom. The maximum atomic E-state index is 8.91. The van der Waals surface area contributed by atoms with E-state index in [-0.39, 0.29) is 18.3 Å². The Kier molecular flexibility index (Phi) is 3.29. The number of benzene rings is 1. The second kappa shape index (κ2) is 4.32. The molecule has 1 aromatic rings. The molecule has 1 saturated heterocycles. The molecule has 1 N–H and O–H groups in total. The summed E-state index contributed by atoms with van der Waals surface area (Å²) >= 11 is 0.738. The molecule has 5 heteroatoms. The molecule has 1 aromatic carbocycles. The van der Waals surface area contributed by atoms with E-state index in [1.807, 2.05) is 52.0 Å². The van der Waals surface area contributed by atoms with E-state index in [4.69, 9.17) is 13.9 Å². The van der Waals surface area contributed by atoms with Gasteiger partial charge in [0, 0.05) is 16.9 Å². The van der Waals surface area contributed by atoms with Crippen LogP contribution in [0, 0.1) is 0 Å². The molecule has 2 rings (SSSR count). The van der Waals surface area contributed by atoms with Gasteiger partial charge in [-0.3, -0.25) is 0 Å². The molecule has 0 atom stereocenters. The fourth-order valence-corrected chi connectivity index (χ4v) is 1.92. The van der Waals surface area contributed by atoms with Crippen LogP contribution < -0.4 is 5.46 Å². The summed E-state index contributed by atoms with van der Waals surface area (Å²) < 4.78 is 20.8. The molecule has 1 aliphatic rings. The molecule has 0 unspecified atom stereocenters. The number of hydrogen-bond donors (Lipinski definition) is 1. The second-order valence-corrected chi connectivity index (χ2v) is 5.90. The van der Waals surface area contributed by atoms with Crippen molar-refractivity contribution in [2.24, 2.45) is 0 Å². The summed E-state index contributed by atoms with van der Waals surface area (Å²) in [5.74, 6) is 0. The SMILES string of the molecule is CC1(C)OB(c2ccc(SO)cc2)OC1(C)C. The molecule has 1 fully saturated rings. The zero-order valence-electron chi connectivity index (χ0n) is 10.6. The average Bonchev–Trinajstić information content (AvgIpc) is 2.48. The van der Waals surface area contributed by atoms with Gasteiger partial charge in [-0.25, -0.2) is 0 Å². The van der Waals surface area contributed by atoms with Crippen molar-refractivity contribution in [3.63, 3.8) is 0 Å². The minimum absolute atomic E-state index is 0.317. The van der Waals surface area contributed by atoms with E-state index in [2.05, 4.69) is 0 Å². The molecule has 1 heterocycles. The summed E-state index contributed by atoms with van der Waals surface area (Å²) in [6.45, 7) is 8.13. The van der Waals surface area contributed by atoms with E-state index in [0.717, 1.165) is 22.4 Å². The zero-order chi connectivity index (χ0) is 12.7. The Morgan fingerprint density at radius 3 is 1.88 bits per heavy atom. The summed E-state index contributed by atoms with van der Waals surface area (Å²) in [6, 6.07) is 7.54. The van der Waals surface area contributed by atoms with Crippen LogP contribution in [0.25, 0.3) is 0 Å². The lowest BCUT2D eigenvalue weighted by molar-refractivity contribution is 0.00578. The lowest BCUT2D eigenvalue weighted by Crippen LogP contribution is -2.41. The molecule has 0 radical (unpaired) electrons. The van der Waals surface area contributed by atoms with E-state index in [9.17, 15) is 0 Å². The van der Waals surface area contributed by atoms with E-state index in [0.29, 0.717) is 0 Å². The monoisotopic (exact) mass is 252 g/mol. The van der Waals surface area contributed by atoms with Gasteiger partial charge in [0.15, 0.2) is 0 Å². The molecular formula is C12H17BO3S. The molecule has 1 aliphatic heterocycles. The van der Waals surface area contributed by atoms with Gasteiger partial charge in [-0.1, -0.05) is 12.1 Å². The highest BCUT2D eigenvalue weighted by Crippen LogP contribution is 2.36. The molecule has 92 valence electrons. The van der Waals surface area contributed by atoms with Crippen LogP contribution in [0.15, 0.2) is 29.2 Å². The van der Waals surface area contributed by atoms with Crippen molar-refractivity contribution in [1.82, 2.24) is 0 Å². The second-order valence-electron chi connectivity index (χ2n) is 5.25. The summed E-state index contributed by atoms with van der Waals surface area (Å²) in [5.41, 5.74) is 0.339. The first-order valence-electron chi connectivity index (χ1n) is 5.63. The molecule has 0 saturated carbocycles. The third-order valence-electron chi connectivity index (χ3n) is 3.51. The molecular weight excluding hydrogens is 235 g/mol. The number of hydrogen-bond acceptors (Lipinski definition) is 4. The predicted molar refractivity (Wildman–Crippen MR) is 70.6 cm³/mol. The lowest BCUT2D eigenvalue weighted by Gasteiger charge is -2.32. The van der Waals surface area contributed by atoms with Gasteiger partial charge in [0.25, 0.3) is 0 Å². The van der Waals surface area contributed by atoms with Crippen molar-refractivity contribution in [3.8, 4) is 0 Å². The van der Waals surface area contributed by atoms with E-state index >= 15 is 0 Å². The molecule has 0 spiro atoms. The van der Waals surface area contributed by atoms with Crippen LogP contribution in [0.5, 0.6) is 0 Å². The Hall–Kier alpha value is -0.485. The first-order chi connectivity index (χ1) is 7.86. The van der Waals surface area contributed by atoms with Crippen LogP contribution in [0.3, 0.4) is 0 Å². The Morgan fingerprint density at radius 2 is 1.47 bits per heavy atom. The van der Waals surface area contributed by atoms with Gasteiger partial charge in [0.2, 0.25) is 0 Å². The standard InChI is InChI=1S/C12H17BO3S/c1-11(2)12(3,4)16-13(15-11)9-5-7-10(17-14)8-6-9/h5-8,14H,1-4H3.